The molecule has 25 heavy (non-hydrogen) atoms. The maximum Gasteiger partial charge on any atom is 0.475 e. The number of carbonyl (C=O) groups is 1. The van der Waals surface area contributed by atoms with Gasteiger partial charge < -0.3 is 14.4 Å². The van der Waals surface area contributed by atoms with Crippen LogP contribution in [0.4, 0.5) is 0 Å². The molecule has 0 radical (unpaired) electrons. The molecule has 0 rings (SSSR count). The Morgan fingerprint density at radius 2 is 1.68 bits per heavy atom. The number of nitrogens with one attached hydrogen (secondary N) is 1. The normalized spacial score (nSPS) is 13.6. The second kappa shape index (κ2) is 14.1. The summed E-state index contributed by atoms with van der Waals surface area (Å²) >= 11 is 23.2. The van der Waals surface area contributed by atoms with E-state index in [1.165, 1.54) is 39.8 Å². The molecule has 0 saturated carbocycles. The van der Waals surface area contributed by atoms with E-state index in [4.69, 9.17) is 48.6 Å². The standard InChI is InChI=1S/C5H12NO3PS2.C4H7Br2Cl2O4P/c1-6-5(7)4-12-10(11,8-2)9-3;1-10-13(9,11-2)12-3(5)4(6,7)8/h4H2,1-3H3,(H,6,7);3H,1-2H3. The number of carbonyl (C=O) groups excluding carboxylic acids is 1. The van der Waals surface area contributed by atoms with Crippen molar-refractivity contribution in [3.8, 4) is 0 Å². The van der Waals surface area contributed by atoms with Crippen LogP contribution in [0.1, 0.15) is 0 Å². The van der Waals surface area contributed by atoms with E-state index in [0.717, 1.165) is 0 Å². The van der Waals surface area contributed by atoms with Gasteiger partial charge in [-0.05, 0) is 27.7 Å². The van der Waals surface area contributed by atoms with Crippen LogP contribution in [-0.2, 0) is 43.8 Å². The van der Waals surface area contributed by atoms with Gasteiger partial charge in [-0.1, -0.05) is 50.5 Å². The van der Waals surface area contributed by atoms with Gasteiger partial charge in [0.25, 0.3) is 0 Å². The highest BCUT2D eigenvalue weighted by Crippen LogP contribution is 2.59. The third-order valence-electron chi connectivity index (χ3n) is 2.01. The molecule has 0 spiro atoms. The number of hydrogen-bond acceptors (Lipinski definition) is 9. The fraction of sp³-hybridized carbons (Fsp3) is 0.889. The second-order valence-electron chi connectivity index (χ2n) is 3.53. The molecule has 0 aromatic carbocycles. The topological polar surface area (TPSA) is 92.3 Å². The van der Waals surface area contributed by atoms with Gasteiger partial charge in [0, 0.05) is 35.5 Å². The van der Waals surface area contributed by atoms with E-state index in [-0.39, 0.29) is 11.7 Å². The van der Waals surface area contributed by atoms with Crippen molar-refractivity contribution in [2.24, 2.45) is 0 Å². The monoisotopic (exact) mass is 607 g/mol. The van der Waals surface area contributed by atoms with Crippen LogP contribution in [0, 0.1) is 0 Å². The lowest BCUT2D eigenvalue weighted by Gasteiger charge is -2.22. The number of halogens is 4. The van der Waals surface area contributed by atoms with Gasteiger partial charge in [-0.3, -0.25) is 18.4 Å². The predicted octanol–water partition coefficient (Wildman–Crippen LogP) is 4.63. The molecule has 0 aliphatic carbocycles. The van der Waals surface area contributed by atoms with Crippen LogP contribution < -0.4 is 5.32 Å². The Bertz CT molecular complexity index is 485. The molecule has 152 valence electrons. The van der Waals surface area contributed by atoms with Crippen molar-refractivity contribution < 1.29 is 32.0 Å². The molecule has 0 aromatic heterocycles. The highest BCUT2D eigenvalue weighted by atomic mass is 79.9. The Morgan fingerprint density at radius 3 is 1.96 bits per heavy atom. The maximum atomic E-state index is 11.4. The molecule has 0 aliphatic heterocycles. The van der Waals surface area contributed by atoms with Crippen LogP contribution in [0.5, 0.6) is 0 Å². The highest BCUT2D eigenvalue weighted by molar-refractivity contribution is 9.13. The smallest absolute Gasteiger partial charge is 0.358 e. The quantitative estimate of drug-likeness (QED) is 0.281. The number of phosphoric ester groups is 1. The summed E-state index contributed by atoms with van der Waals surface area (Å²) in [5.74, 6) is 0.193. The first-order chi connectivity index (χ1) is 11.3. The fourth-order valence-corrected chi connectivity index (χ4v) is 5.21. The lowest BCUT2D eigenvalue weighted by Crippen LogP contribution is -2.21. The molecule has 1 unspecified atom stereocenters. The zero-order valence-electron chi connectivity index (χ0n) is 13.9. The molecule has 0 fully saturated rings. The minimum Gasteiger partial charge on any atom is -0.358 e. The second-order valence-corrected chi connectivity index (χ2v) is 16.3. The number of rotatable bonds is 10. The number of amides is 1. The SMILES string of the molecule is CNC(=O)CSP(=S)(OC)OC.COP(=O)(OC)OC(Br)C(Cl)(Cl)Br. The van der Waals surface area contributed by atoms with Gasteiger partial charge in [-0.2, -0.15) is 0 Å². The third-order valence-corrected chi connectivity index (χ3v) is 12.2. The van der Waals surface area contributed by atoms with E-state index in [1.54, 1.807) is 7.05 Å². The first kappa shape index (κ1) is 29.2. The van der Waals surface area contributed by atoms with Crippen molar-refractivity contribution in [3.05, 3.63) is 0 Å². The van der Waals surface area contributed by atoms with Gasteiger partial charge >= 0.3 is 7.82 Å². The molecular formula is C9H19Br2Cl2NO7P2S2. The molecule has 1 amide bonds. The van der Waals surface area contributed by atoms with Crippen molar-refractivity contribution in [2.75, 3.05) is 41.2 Å². The third kappa shape index (κ3) is 13.8. The molecule has 0 saturated heterocycles. The summed E-state index contributed by atoms with van der Waals surface area (Å²) in [5.41, 5.74) is -2.26. The summed E-state index contributed by atoms with van der Waals surface area (Å²) in [7, 11) is 3.34. The predicted molar refractivity (Wildman–Crippen MR) is 114 cm³/mol. The fourth-order valence-electron chi connectivity index (χ4n) is 0.724. The molecule has 0 aliphatic rings. The van der Waals surface area contributed by atoms with Crippen molar-refractivity contribution >= 4 is 97.7 Å². The zero-order chi connectivity index (χ0) is 20.3. The summed E-state index contributed by atoms with van der Waals surface area (Å²) < 4.78 is 33.7. The van der Waals surface area contributed by atoms with Crippen molar-refractivity contribution in [2.45, 2.75) is 8.26 Å². The number of alkyl halides is 4. The van der Waals surface area contributed by atoms with Crippen LogP contribution >= 0.6 is 80.0 Å². The van der Waals surface area contributed by atoms with Crippen LogP contribution in [0.15, 0.2) is 0 Å². The van der Waals surface area contributed by atoms with Crippen LogP contribution in [0.2, 0.25) is 0 Å². The summed E-state index contributed by atoms with van der Waals surface area (Å²) in [4.78, 5) is 10.8. The van der Waals surface area contributed by atoms with Gasteiger partial charge in [-0.15, -0.1) is 0 Å². The van der Waals surface area contributed by atoms with E-state index in [1.807, 2.05) is 0 Å². The number of hydrogen-bond donors (Lipinski definition) is 1. The first-order valence-electron chi connectivity index (χ1n) is 6.00. The van der Waals surface area contributed by atoms with Gasteiger partial charge in [-0.25, -0.2) is 4.57 Å². The lowest BCUT2D eigenvalue weighted by atomic mass is 10.7. The largest absolute Gasteiger partial charge is 0.475 e. The van der Waals surface area contributed by atoms with Crippen LogP contribution in [0.25, 0.3) is 0 Å². The molecule has 1 atom stereocenters. The summed E-state index contributed by atoms with van der Waals surface area (Å²) in [6, 6.07) is 0. The van der Waals surface area contributed by atoms with E-state index in [2.05, 4.69) is 46.2 Å². The summed E-state index contributed by atoms with van der Waals surface area (Å²) in [6.07, 6.45) is 0. The maximum absolute atomic E-state index is 11.4. The Kier molecular flexibility index (Phi) is 16.5. The molecule has 0 heterocycles. The molecule has 1 N–H and O–H groups in total. The van der Waals surface area contributed by atoms with Crippen molar-refractivity contribution in [3.63, 3.8) is 0 Å². The molecule has 16 heteroatoms. The van der Waals surface area contributed by atoms with Gasteiger partial charge in [0.1, 0.15) is 0 Å². The zero-order valence-corrected chi connectivity index (χ0v) is 22.0. The summed E-state index contributed by atoms with van der Waals surface area (Å²) in [5, 5.41) is 1.55. The minimum absolute atomic E-state index is 0.0803. The van der Waals surface area contributed by atoms with E-state index >= 15 is 0 Å². The Balaban J connectivity index is 0. The van der Waals surface area contributed by atoms with E-state index in [9.17, 15) is 9.36 Å². The molecular weight excluding hydrogens is 591 g/mol. The van der Waals surface area contributed by atoms with E-state index in [0.29, 0.717) is 0 Å². The van der Waals surface area contributed by atoms with Crippen molar-refractivity contribution in [1.29, 1.82) is 0 Å². The number of phosphoric acid groups is 1. The van der Waals surface area contributed by atoms with E-state index < -0.39 is 21.8 Å². The Morgan fingerprint density at radius 1 is 1.24 bits per heavy atom. The van der Waals surface area contributed by atoms with Gasteiger partial charge in [0.05, 0.1) is 5.75 Å². The Hall–Kier alpha value is 2.04. The molecule has 8 nitrogen and oxygen atoms in total. The van der Waals surface area contributed by atoms with Crippen LogP contribution in [-0.4, -0.2) is 55.4 Å². The lowest BCUT2D eigenvalue weighted by molar-refractivity contribution is -0.118. The molecule has 0 bridgehead atoms. The highest BCUT2D eigenvalue weighted by Gasteiger charge is 2.38. The summed E-state index contributed by atoms with van der Waals surface area (Å²) in [6.45, 7) is 0. The van der Waals surface area contributed by atoms with Gasteiger partial charge in [0.15, 0.2) is 5.01 Å². The van der Waals surface area contributed by atoms with Gasteiger partial charge in [0.2, 0.25) is 14.8 Å². The minimum atomic E-state index is -3.58. The molecule has 0 aromatic rings. The van der Waals surface area contributed by atoms with Crippen molar-refractivity contribution in [1.82, 2.24) is 5.32 Å². The van der Waals surface area contributed by atoms with Crippen LogP contribution in [0.3, 0.4) is 0 Å². The first-order valence-corrected chi connectivity index (χ1v) is 14.2. The average molecular weight is 610 g/mol. The average Bonchev–Trinajstić information content (AvgIpc) is 2.58. The Labute approximate surface area is 183 Å².